The highest BCUT2D eigenvalue weighted by molar-refractivity contribution is 5.77. The quantitative estimate of drug-likeness (QED) is 0.513. The first kappa shape index (κ1) is 23.4. The summed E-state index contributed by atoms with van der Waals surface area (Å²) in [5.41, 5.74) is 3.86. The second-order valence-corrected chi connectivity index (χ2v) is 9.14. The van der Waals surface area contributed by atoms with Gasteiger partial charge in [-0.05, 0) is 56.0 Å². The van der Waals surface area contributed by atoms with Crippen molar-refractivity contribution in [2.75, 3.05) is 26.4 Å². The van der Waals surface area contributed by atoms with E-state index in [-0.39, 0.29) is 12.0 Å². The van der Waals surface area contributed by atoms with Gasteiger partial charge in [0.1, 0.15) is 13.2 Å². The van der Waals surface area contributed by atoms with Gasteiger partial charge in [-0.3, -0.25) is 14.5 Å². The lowest BCUT2D eigenvalue weighted by Gasteiger charge is -2.24. The van der Waals surface area contributed by atoms with Crippen molar-refractivity contribution < 1.29 is 19.0 Å². The molecule has 0 bridgehead atoms. The third-order valence-electron chi connectivity index (χ3n) is 6.48. The monoisotopic (exact) mass is 476 g/mol. The summed E-state index contributed by atoms with van der Waals surface area (Å²) in [6.07, 6.45) is 9.25. The Balaban J connectivity index is 1.37. The summed E-state index contributed by atoms with van der Waals surface area (Å²) in [6.45, 7) is 5.19. The number of hydrogen-bond donors (Lipinski definition) is 0. The Morgan fingerprint density at radius 1 is 1.20 bits per heavy atom. The highest BCUT2D eigenvalue weighted by atomic mass is 16.5. The molecule has 0 aliphatic carbocycles. The number of pyridine rings is 1. The minimum atomic E-state index is 0.0828. The van der Waals surface area contributed by atoms with Crippen molar-refractivity contribution in [3.05, 3.63) is 60.2 Å². The molecular formula is C27H32N4O4. The van der Waals surface area contributed by atoms with Gasteiger partial charge in [-0.25, -0.2) is 0 Å². The standard InChI is InChI=1S/C27H32N4O4/c1-20-7-10-31(29-20)11-8-26(32)30-12-14-34-27-23(18-30)15-22(21-5-4-9-28-17-21)16-25(27)35-19-24-6-2-3-13-33-24/h4-5,7,9-10,15-17,24H,2-3,6,8,11-14,18-19H2,1H3. The minimum Gasteiger partial charge on any atom is -0.487 e. The van der Waals surface area contributed by atoms with Crippen LogP contribution >= 0.6 is 0 Å². The molecule has 1 aromatic carbocycles. The van der Waals surface area contributed by atoms with E-state index in [0.717, 1.165) is 48.3 Å². The van der Waals surface area contributed by atoms with Gasteiger partial charge < -0.3 is 19.1 Å². The number of aryl methyl sites for hydroxylation is 2. The highest BCUT2D eigenvalue weighted by Gasteiger charge is 2.25. The largest absolute Gasteiger partial charge is 0.487 e. The highest BCUT2D eigenvalue weighted by Crippen LogP contribution is 2.39. The van der Waals surface area contributed by atoms with Crippen molar-refractivity contribution in [2.24, 2.45) is 0 Å². The average molecular weight is 477 g/mol. The van der Waals surface area contributed by atoms with E-state index in [2.05, 4.69) is 16.1 Å². The lowest BCUT2D eigenvalue weighted by molar-refractivity contribution is -0.132. The van der Waals surface area contributed by atoms with Gasteiger partial charge in [0.15, 0.2) is 11.5 Å². The number of carbonyl (C=O) groups is 1. The number of rotatable bonds is 7. The van der Waals surface area contributed by atoms with E-state index in [1.54, 1.807) is 6.20 Å². The fraction of sp³-hybridized carbons (Fsp3) is 0.444. The van der Waals surface area contributed by atoms with E-state index in [1.807, 2.05) is 53.2 Å². The predicted octanol–water partition coefficient (Wildman–Crippen LogP) is 4.01. The lowest BCUT2D eigenvalue weighted by Crippen LogP contribution is -2.33. The zero-order chi connectivity index (χ0) is 24.0. The predicted molar refractivity (Wildman–Crippen MR) is 131 cm³/mol. The van der Waals surface area contributed by atoms with E-state index >= 15 is 0 Å². The van der Waals surface area contributed by atoms with E-state index in [0.29, 0.717) is 50.8 Å². The van der Waals surface area contributed by atoms with Gasteiger partial charge in [0.2, 0.25) is 5.91 Å². The second-order valence-electron chi connectivity index (χ2n) is 9.14. The van der Waals surface area contributed by atoms with Crippen LogP contribution in [0.4, 0.5) is 0 Å². The number of hydrogen-bond acceptors (Lipinski definition) is 6. The molecule has 1 atom stereocenters. The molecule has 4 heterocycles. The molecule has 8 heteroatoms. The minimum absolute atomic E-state index is 0.0828. The van der Waals surface area contributed by atoms with Crippen LogP contribution < -0.4 is 9.47 Å². The summed E-state index contributed by atoms with van der Waals surface area (Å²) in [7, 11) is 0. The number of carbonyl (C=O) groups excluding carboxylic acids is 1. The van der Waals surface area contributed by atoms with Gasteiger partial charge >= 0.3 is 0 Å². The zero-order valence-corrected chi connectivity index (χ0v) is 20.2. The topological polar surface area (TPSA) is 78.7 Å². The summed E-state index contributed by atoms with van der Waals surface area (Å²) in [5, 5.41) is 4.39. The maximum atomic E-state index is 13.1. The van der Waals surface area contributed by atoms with Gasteiger partial charge in [-0.1, -0.05) is 6.07 Å². The second kappa shape index (κ2) is 10.9. The maximum absolute atomic E-state index is 13.1. The van der Waals surface area contributed by atoms with Gasteiger partial charge in [0.05, 0.1) is 18.3 Å². The molecule has 1 amide bonds. The maximum Gasteiger partial charge on any atom is 0.224 e. The summed E-state index contributed by atoms with van der Waals surface area (Å²) in [6, 6.07) is 9.98. The molecule has 184 valence electrons. The molecule has 3 aromatic rings. The van der Waals surface area contributed by atoms with Crippen molar-refractivity contribution in [3.63, 3.8) is 0 Å². The third-order valence-corrected chi connectivity index (χ3v) is 6.48. The molecular weight excluding hydrogens is 444 g/mol. The molecule has 2 aliphatic rings. The number of ether oxygens (including phenoxy) is 3. The molecule has 1 saturated heterocycles. The van der Waals surface area contributed by atoms with Crippen LogP contribution in [0.5, 0.6) is 11.5 Å². The van der Waals surface area contributed by atoms with Crippen LogP contribution in [0.3, 0.4) is 0 Å². The Bertz CT molecular complexity index is 1140. The molecule has 0 spiro atoms. The van der Waals surface area contributed by atoms with E-state index < -0.39 is 0 Å². The van der Waals surface area contributed by atoms with Crippen LogP contribution in [0.2, 0.25) is 0 Å². The number of amides is 1. The third kappa shape index (κ3) is 5.82. The Labute approximate surface area is 205 Å². The number of benzene rings is 1. The van der Waals surface area contributed by atoms with Gasteiger partial charge in [0.25, 0.3) is 0 Å². The Hall–Kier alpha value is -3.39. The molecule has 2 aliphatic heterocycles. The summed E-state index contributed by atoms with van der Waals surface area (Å²) in [4.78, 5) is 19.2. The van der Waals surface area contributed by atoms with Gasteiger partial charge in [0, 0.05) is 55.8 Å². The smallest absolute Gasteiger partial charge is 0.224 e. The van der Waals surface area contributed by atoms with E-state index in [9.17, 15) is 4.79 Å². The molecule has 5 rings (SSSR count). The number of fused-ring (bicyclic) bond motifs is 1. The van der Waals surface area contributed by atoms with Crippen LogP contribution in [0.25, 0.3) is 11.1 Å². The van der Waals surface area contributed by atoms with Crippen molar-refractivity contribution in [3.8, 4) is 22.6 Å². The van der Waals surface area contributed by atoms with Crippen molar-refractivity contribution in [2.45, 2.75) is 51.8 Å². The van der Waals surface area contributed by atoms with Gasteiger partial charge in [-0.2, -0.15) is 5.10 Å². The Kier molecular flexibility index (Phi) is 7.28. The average Bonchev–Trinajstić information content (AvgIpc) is 3.19. The van der Waals surface area contributed by atoms with Gasteiger partial charge in [-0.15, -0.1) is 0 Å². The van der Waals surface area contributed by atoms with Crippen LogP contribution in [-0.4, -0.2) is 58.0 Å². The Morgan fingerprint density at radius 3 is 2.91 bits per heavy atom. The molecule has 1 fully saturated rings. The first-order chi connectivity index (χ1) is 17.2. The molecule has 35 heavy (non-hydrogen) atoms. The molecule has 0 N–H and O–H groups in total. The number of aromatic nitrogens is 3. The summed E-state index contributed by atoms with van der Waals surface area (Å²) < 4.78 is 20.1. The van der Waals surface area contributed by atoms with Crippen molar-refractivity contribution >= 4 is 5.91 Å². The van der Waals surface area contributed by atoms with Crippen LogP contribution in [0.15, 0.2) is 48.9 Å². The fourth-order valence-electron chi connectivity index (χ4n) is 4.58. The molecule has 0 saturated carbocycles. The molecule has 8 nitrogen and oxygen atoms in total. The molecule has 1 unspecified atom stereocenters. The Morgan fingerprint density at radius 2 is 2.14 bits per heavy atom. The van der Waals surface area contributed by atoms with E-state index in [4.69, 9.17) is 14.2 Å². The first-order valence-corrected chi connectivity index (χ1v) is 12.4. The summed E-state index contributed by atoms with van der Waals surface area (Å²) >= 11 is 0. The van der Waals surface area contributed by atoms with E-state index in [1.165, 1.54) is 0 Å². The normalized spacial score (nSPS) is 17.9. The SMILES string of the molecule is Cc1ccn(CCC(=O)N2CCOc3c(cc(-c4cccnc4)cc3OCC3CCCCO3)C2)n1. The van der Waals surface area contributed by atoms with Crippen LogP contribution in [0, 0.1) is 6.92 Å². The molecule has 2 aromatic heterocycles. The fourth-order valence-corrected chi connectivity index (χ4v) is 4.58. The van der Waals surface area contributed by atoms with Crippen LogP contribution in [-0.2, 0) is 22.6 Å². The van der Waals surface area contributed by atoms with Crippen molar-refractivity contribution in [1.82, 2.24) is 19.7 Å². The summed E-state index contributed by atoms with van der Waals surface area (Å²) in [5.74, 6) is 1.49. The first-order valence-electron chi connectivity index (χ1n) is 12.4. The lowest BCUT2D eigenvalue weighted by atomic mass is 10.0. The number of nitrogens with zero attached hydrogens (tertiary/aromatic N) is 4. The zero-order valence-electron chi connectivity index (χ0n) is 20.2. The van der Waals surface area contributed by atoms with Crippen LogP contribution in [0.1, 0.15) is 36.9 Å². The van der Waals surface area contributed by atoms with Crippen molar-refractivity contribution in [1.29, 1.82) is 0 Å². The molecule has 0 radical (unpaired) electrons.